The molecule has 0 aliphatic heterocycles. The van der Waals surface area contributed by atoms with Crippen molar-refractivity contribution in [3.05, 3.63) is 108 Å². The molecular formula is C33H28. The molecular weight excluding hydrogens is 396 g/mol. The summed E-state index contributed by atoms with van der Waals surface area (Å²) < 4.78 is 0. The molecule has 0 amide bonds. The summed E-state index contributed by atoms with van der Waals surface area (Å²) in [4.78, 5) is 0. The average Bonchev–Trinajstić information content (AvgIpc) is 2.86. The van der Waals surface area contributed by atoms with Gasteiger partial charge in [-0.15, -0.1) is 0 Å². The molecule has 0 saturated heterocycles. The maximum Gasteiger partial charge on any atom is 0.0165 e. The molecule has 6 aromatic carbocycles. The van der Waals surface area contributed by atoms with Crippen LogP contribution in [0, 0.1) is 0 Å². The van der Waals surface area contributed by atoms with Crippen LogP contribution in [0.15, 0.2) is 97.1 Å². The molecule has 0 fully saturated rings. The van der Waals surface area contributed by atoms with Crippen LogP contribution < -0.4 is 0 Å². The number of hydrogen-bond acceptors (Lipinski definition) is 0. The second-order valence-electron chi connectivity index (χ2n) is 9.37. The lowest BCUT2D eigenvalue weighted by Crippen LogP contribution is -2.24. The minimum atomic E-state index is -0.0771. The van der Waals surface area contributed by atoms with E-state index < -0.39 is 0 Å². The Morgan fingerprint density at radius 2 is 1.18 bits per heavy atom. The van der Waals surface area contributed by atoms with Gasteiger partial charge in [0.15, 0.2) is 0 Å². The van der Waals surface area contributed by atoms with Crippen molar-refractivity contribution in [2.24, 2.45) is 0 Å². The summed E-state index contributed by atoms with van der Waals surface area (Å²) >= 11 is 0. The Morgan fingerprint density at radius 3 is 2.00 bits per heavy atom. The molecule has 33 heavy (non-hydrogen) atoms. The third kappa shape index (κ3) is 2.64. The van der Waals surface area contributed by atoms with Crippen LogP contribution in [-0.2, 0) is 5.41 Å². The van der Waals surface area contributed by atoms with E-state index in [4.69, 9.17) is 0 Å². The quantitative estimate of drug-likeness (QED) is 0.168. The number of rotatable bonds is 0. The van der Waals surface area contributed by atoms with Gasteiger partial charge >= 0.3 is 0 Å². The van der Waals surface area contributed by atoms with Crippen molar-refractivity contribution in [3.63, 3.8) is 0 Å². The van der Waals surface area contributed by atoms with Crippen LogP contribution in [0.1, 0.15) is 38.8 Å². The fourth-order valence-corrected chi connectivity index (χ4v) is 6.03. The molecule has 0 heteroatoms. The van der Waals surface area contributed by atoms with Crippen LogP contribution in [0.5, 0.6) is 0 Å². The molecule has 0 heterocycles. The highest BCUT2D eigenvalue weighted by molar-refractivity contribution is 6.19. The van der Waals surface area contributed by atoms with Gasteiger partial charge in [-0.25, -0.2) is 0 Å². The standard InChI is InChI=1S/C31H22.C2H6/c1-31(2)27-13-7-10-21-18-20-9-4-6-12-23(20)29(28(21)27)26-17-16-24-22-11-5-3-8-19(22)14-15-25(24)30(26)31;1-2/h3-18H,1-2H3;1-2H3. The van der Waals surface area contributed by atoms with E-state index in [2.05, 4.69) is 111 Å². The molecule has 160 valence electrons. The maximum absolute atomic E-state index is 2.40. The summed E-state index contributed by atoms with van der Waals surface area (Å²) in [5.41, 5.74) is 5.58. The SMILES string of the molecule is CC.CC1(C)c2c(ccc3c2ccc2ccccc23)-c2c3ccccc3cc3cccc1c23. The maximum atomic E-state index is 2.40. The Balaban J connectivity index is 0.00000101. The van der Waals surface area contributed by atoms with E-state index >= 15 is 0 Å². The van der Waals surface area contributed by atoms with E-state index in [1.54, 1.807) is 0 Å². The zero-order valence-electron chi connectivity index (χ0n) is 19.7. The van der Waals surface area contributed by atoms with E-state index in [-0.39, 0.29) is 5.41 Å². The van der Waals surface area contributed by atoms with Crippen molar-refractivity contribution in [2.45, 2.75) is 33.1 Å². The van der Waals surface area contributed by atoms with Crippen molar-refractivity contribution in [2.75, 3.05) is 0 Å². The second-order valence-corrected chi connectivity index (χ2v) is 9.37. The Labute approximate surface area is 195 Å². The molecule has 0 radical (unpaired) electrons. The predicted molar refractivity (Wildman–Crippen MR) is 145 cm³/mol. The summed E-state index contributed by atoms with van der Waals surface area (Å²) in [6.45, 7) is 8.79. The van der Waals surface area contributed by atoms with Gasteiger partial charge in [0.25, 0.3) is 0 Å². The van der Waals surface area contributed by atoms with Crippen molar-refractivity contribution in [1.29, 1.82) is 0 Å². The third-order valence-electron chi connectivity index (χ3n) is 7.38. The molecule has 0 saturated carbocycles. The van der Waals surface area contributed by atoms with Gasteiger partial charge in [-0.1, -0.05) is 119 Å². The molecule has 1 aliphatic carbocycles. The van der Waals surface area contributed by atoms with Crippen molar-refractivity contribution in [3.8, 4) is 11.1 Å². The van der Waals surface area contributed by atoms with E-state index in [9.17, 15) is 0 Å². The van der Waals surface area contributed by atoms with Gasteiger partial charge in [0, 0.05) is 5.41 Å². The Bertz CT molecular complexity index is 1700. The highest BCUT2D eigenvalue weighted by atomic mass is 14.4. The fraction of sp³-hybridized carbons (Fsp3) is 0.152. The summed E-state index contributed by atoms with van der Waals surface area (Å²) in [7, 11) is 0. The summed E-state index contributed by atoms with van der Waals surface area (Å²) in [6, 6.07) is 36.1. The largest absolute Gasteiger partial charge is 0.0683 e. The molecule has 0 unspecified atom stereocenters. The van der Waals surface area contributed by atoms with Gasteiger partial charge in [0.05, 0.1) is 0 Å². The van der Waals surface area contributed by atoms with Crippen LogP contribution in [-0.4, -0.2) is 0 Å². The van der Waals surface area contributed by atoms with Crippen molar-refractivity contribution in [1.82, 2.24) is 0 Å². The lowest BCUT2D eigenvalue weighted by molar-refractivity contribution is 0.652. The van der Waals surface area contributed by atoms with Gasteiger partial charge in [-0.2, -0.15) is 0 Å². The third-order valence-corrected chi connectivity index (χ3v) is 7.38. The molecule has 0 bridgehead atoms. The molecule has 6 aromatic rings. The molecule has 0 atom stereocenters. The van der Waals surface area contributed by atoms with Gasteiger partial charge in [0.1, 0.15) is 0 Å². The topological polar surface area (TPSA) is 0 Å². The normalized spacial score (nSPS) is 13.7. The Hall–Kier alpha value is -3.64. The average molecular weight is 425 g/mol. The minimum absolute atomic E-state index is 0.0771. The molecule has 1 aliphatic rings. The molecule has 0 nitrogen and oxygen atoms in total. The van der Waals surface area contributed by atoms with Crippen molar-refractivity contribution >= 4 is 43.1 Å². The van der Waals surface area contributed by atoms with Crippen LogP contribution in [0.25, 0.3) is 54.2 Å². The molecule has 0 spiro atoms. The smallest absolute Gasteiger partial charge is 0.0165 e. The zero-order valence-corrected chi connectivity index (χ0v) is 19.7. The van der Waals surface area contributed by atoms with E-state index in [1.807, 2.05) is 13.8 Å². The number of fused-ring (bicyclic) bond motifs is 8. The van der Waals surface area contributed by atoms with Crippen LogP contribution in [0.3, 0.4) is 0 Å². The second kappa shape index (κ2) is 7.18. The van der Waals surface area contributed by atoms with Gasteiger partial charge in [-0.05, 0) is 71.4 Å². The highest BCUT2D eigenvalue weighted by Gasteiger charge is 2.35. The molecule has 0 N–H and O–H groups in total. The van der Waals surface area contributed by atoms with Gasteiger partial charge < -0.3 is 0 Å². The van der Waals surface area contributed by atoms with E-state index in [0.717, 1.165) is 0 Å². The first-order chi connectivity index (χ1) is 16.1. The molecule has 7 rings (SSSR count). The number of benzene rings is 6. The van der Waals surface area contributed by atoms with E-state index in [1.165, 1.54) is 65.3 Å². The first-order valence-corrected chi connectivity index (χ1v) is 12.0. The Kier molecular flexibility index (Phi) is 4.35. The fourth-order valence-electron chi connectivity index (χ4n) is 6.03. The van der Waals surface area contributed by atoms with Crippen LogP contribution >= 0.6 is 0 Å². The predicted octanol–water partition coefficient (Wildman–Crippen LogP) is 9.63. The molecule has 0 aromatic heterocycles. The summed E-state index contributed by atoms with van der Waals surface area (Å²) in [6.07, 6.45) is 0. The first-order valence-electron chi connectivity index (χ1n) is 12.0. The zero-order chi connectivity index (χ0) is 22.7. The Morgan fingerprint density at radius 1 is 0.515 bits per heavy atom. The van der Waals surface area contributed by atoms with Crippen molar-refractivity contribution < 1.29 is 0 Å². The number of hydrogen-bond donors (Lipinski definition) is 0. The van der Waals surface area contributed by atoms with Gasteiger partial charge in [0.2, 0.25) is 0 Å². The monoisotopic (exact) mass is 424 g/mol. The lowest BCUT2D eigenvalue weighted by Gasteiger charge is -2.37. The van der Waals surface area contributed by atoms with Crippen LogP contribution in [0.4, 0.5) is 0 Å². The summed E-state index contributed by atoms with van der Waals surface area (Å²) in [5, 5.41) is 10.8. The van der Waals surface area contributed by atoms with E-state index in [0.29, 0.717) is 0 Å². The first kappa shape index (κ1) is 20.0. The van der Waals surface area contributed by atoms with Gasteiger partial charge in [-0.3, -0.25) is 0 Å². The minimum Gasteiger partial charge on any atom is -0.0683 e. The summed E-state index contributed by atoms with van der Waals surface area (Å²) in [5.74, 6) is 0. The highest BCUT2D eigenvalue weighted by Crippen LogP contribution is 2.53. The van der Waals surface area contributed by atoms with Crippen LogP contribution in [0.2, 0.25) is 0 Å². The lowest BCUT2D eigenvalue weighted by atomic mass is 9.66.